The lowest BCUT2D eigenvalue weighted by atomic mass is 9.81. The van der Waals surface area contributed by atoms with Crippen molar-refractivity contribution in [3.05, 3.63) is 22.4 Å². The van der Waals surface area contributed by atoms with Crippen molar-refractivity contribution in [3.8, 4) is 0 Å². The summed E-state index contributed by atoms with van der Waals surface area (Å²) in [6, 6.07) is 4.97. The lowest BCUT2D eigenvalue weighted by molar-refractivity contribution is 0.0316. The molecule has 2 rings (SSSR count). The van der Waals surface area contributed by atoms with Gasteiger partial charge in [-0.2, -0.15) is 0 Å². The fourth-order valence-electron chi connectivity index (χ4n) is 3.64. The molecule has 2 nitrogen and oxygen atoms in total. The topological polar surface area (TPSA) is 29.3 Å². The Morgan fingerprint density at radius 3 is 2.35 bits per heavy atom. The van der Waals surface area contributed by atoms with Gasteiger partial charge in [0.15, 0.2) is 0 Å². The molecule has 1 heterocycles. The van der Waals surface area contributed by atoms with Crippen molar-refractivity contribution >= 4 is 11.3 Å². The molecular formula is C17H30N2S. The molecule has 0 amide bonds. The first-order valence-electron chi connectivity index (χ1n) is 8.17. The molecule has 0 bridgehead atoms. The number of hydrogen-bond acceptors (Lipinski definition) is 3. The molecule has 1 aromatic heterocycles. The second kappa shape index (κ2) is 7.58. The van der Waals surface area contributed by atoms with Crippen LogP contribution >= 0.6 is 11.3 Å². The molecule has 1 fully saturated rings. The third-order valence-electron chi connectivity index (χ3n) is 4.80. The molecule has 1 saturated carbocycles. The normalized spacial score (nSPS) is 20.1. The van der Waals surface area contributed by atoms with E-state index < -0.39 is 0 Å². The van der Waals surface area contributed by atoms with Crippen molar-refractivity contribution < 1.29 is 0 Å². The molecular weight excluding hydrogens is 264 g/mol. The van der Waals surface area contributed by atoms with Gasteiger partial charge in [0, 0.05) is 29.5 Å². The molecule has 2 N–H and O–H groups in total. The number of rotatable bonds is 5. The number of nitrogens with zero attached hydrogens (tertiary/aromatic N) is 1. The molecule has 1 aliphatic carbocycles. The molecule has 0 aromatic carbocycles. The van der Waals surface area contributed by atoms with Crippen LogP contribution in [0.4, 0.5) is 0 Å². The highest BCUT2D eigenvalue weighted by atomic mass is 32.1. The quantitative estimate of drug-likeness (QED) is 0.872. The summed E-state index contributed by atoms with van der Waals surface area (Å²) in [5.41, 5.74) is 6.51. The second-order valence-electron chi connectivity index (χ2n) is 6.50. The van der Waals surface area contributed by atoms with Gasteiger partial charge in [0.2, 0.25) is 0 Å². The van der Waals surface area contributed by atoms with E-state index in [0.717, 1.165) is 13.1 Å². The summed E-state index contributed by atoms with van der Waals surface area (Å²) >= 11 is 1.87. The molecule has 0 radical (unpaired) electrons. The van der Waals surface area contributed by atoms with Crippen molar-refractivity contribution in [3.63, 3.8) is 0 Å². The van der Waals surface area contributed by atoms with E-state index in [2.05, 4.69) is 36.3 Å². The number of nitrogens with two attached hydrogens (primary N) is 1. The Hall–Kier alpha value is -0.380. The minimum absolute atomic E-state index is 0.221. The average molecular weight is 295 g/mol. The van der Waals surface area contributed by atoms with E-state index in [0.29, 0.717) is 6.04 Å². The van der Waals surface area contributed by atoms with Gasteiger partial charge < -0.3 is 5.73 Å². The van der Waals surface area contributed by atoms with Gasteiger partial charge in [-0.1, -0.05) is 38.2 Å². The molecule has 0 atom stereocenters. The van der Waals surface area contributed by atoms with Crippen molar-refractivity contribution in [1.82, 2.24) is 4.90 Å². The van der Waals surface area contributed by atoms with Crippen LogP contribution in [-0.4, -0.2) is 23.0 Å². The van der Waals surface area contributed by atoms with Crippen LogP contribution in [0.1, 0.15) is 63.7 Å². The van der Waals surface area contributed by atoms with Gasteiger partial charge in [0.05, 0.1) is 0 Å². The van der Waals surface area contributed by atoms with Crippen molar-refractivity contribution in [2.24, 2.45) is 5.73 Å². The lowest BCUT2D eigenvalue weighted by Gasteiger charge is -2.47. The molecule has 20 heavy (non-hydrogen) atoms. The summed E-state index contributed by atoms with van der Waals surface area (Å²) < 4.78 is 0. The first-order chi connectivity index (χ1) is 9.68. The summed E-state index contributed by atoms with van der Waals surface area (Å²) in [6.45, 7) is 6.51. The van der Waals surface area contributed by atoms with Crippen LogP contribution in [0.5, 0.6) is 0 Å². The van der Waals surface area contributed by atoms with Crippen molar-refractivity contribution in [2.75, 3.05) is 6.54 Å². The summed E-state index contributed by atoms with van der Waals surface area (Å²) in [7, 11) is 0. The van der Waals surface area contributed by atoms with Crippen molar-refractivity contribution in [2.45, 2.75) is 76.9 Å². The lowest BCUT2D eigenvalue weighted by Crippen LogP contribution is -2.56. The standard InChI is InChI=1S/C17H30N2S/c1-15(2)19(13-16-9-8-12-20-16)17(14-18)10-6-4-3-5-7-11-17/h8-9,12,15H,3-7,10-11,13-14,18H2,1-2H3. The Morgan fingerprint density at radius 2 is 1.85 bits per heavy atom. The van der Waals surface area contributed by atoms with Crippen LogP contribution in [0.3, 0.4) is 0 Å². The zero-order valence-corrected chi connectivity index (χ0v) is 13.9. The maximum absolute atomic E-state index is 6.29. The maximum atomic E-state index is 6.29. The first-order valence-corrected chi connectivity index (χ1v) is 9.05. The zero-order valence-electron chi connectivity index (χ0n) is 13.1. The Morgan fingerprint density at radius 1 is 1.20 bits per heavy atom. The molecule has 0 unspecified atom stereocenters. The predicted molar refractivity (Wildman–Crippen MR) is 89.1 cm³/mol. The second-order valence-corrected chi connectivity index (χ2v) is 7.53. The van der Waals surface area contributed by atoms with Crippen LogP contribution in [-0.2, 0) is 6.54 Å². The maximum Gasteiger partial charge on any atom is 0.0338 e. The van der Waals surface area contributed by atoms with Gasteiger partial charge in [-0.05, 0) is 38.1 Å². The summed E-state index contributed by atoms with van der Waals surface area (Å²) in [6.07, 6.45) is 9.39. The highest BCUT2D eigenvalue weighted by Crippen LogP contribution is 2.34. The van der Waals surface area contributed by atoms with Crippen LogP contribution in [0, 0.1) is 0 Å². The Labute approximate surface area is 128 Å². The molecule has 0 aliphatic heterocycles. The van der Waals surface area contributed by atoms with E-state index in [1.807, 2.05) is 11.3 Å². The third kappa shape index (κ3) is 3.84. The summed E-state index contributed by atoms with van der Waals surface area (Å²) in [4.78, 5) is 4.15. The fraction of sp³-hybridized carbons (Fsp3) is 0.765. The van der Waals surface area contributed by atoms with E-state index >= 15 is 0 Å². The van der Waals surface area contributed by atoms with Crippen LogP contribution in [0.25, 0.3) is 0 Å². The fourth-order valence-corrected chi connectivity index (χ4v) is 4.34. The summed E-state index contributed by atoms with van der Waals surface area (Å²) in [5.74, 6) is 0. The highest BCUT2D eigenvalue weighted by Gasteiger charge is 2.36. The van der Waals surface area contributed by atoms with E-state index in [1.165, 1.54) is 49.8 Å². The molecule has 1 aromatic rings. The van der Waals surface area contributed by atoms with Gasteiger partial charge in [0.1, 0.15) is 0 Å². The van der Waals surface area contributed by atoms with Crippen molar-refractivity contribution in [1.29, 1.82) is 0 Å². The molecule has 114 valence electrons. The first kappa shape index (κ1) is 16.0. The van der Waals surface area contributed by atoms with Gasteiger partial charge in [-0.25, -0.2) is 0 Å². The van der Waals surface area contributed by atoms with Crippen LogP contribution < -0.4 is 5.73 Å². The minimum atomic E-state index is 0.221. The van der Waals surface area contributed by atoms with Gasteiger partial charge in [0.25, 0.3) is 0 Å². The van der Waals surface area contributed by atoms with Gasteiger partial charge >= 0.3 is 0 Å². The molecule has 0 spiro atoms. The monoisotopic (exact) mass is 294 g/mol. The van der Waals surface area contributed by atoms with E-state index in [4.69, 9.17) is 5.73 Å². The van der Waals surface area contributed by atoms with Gasteiger partial charge in [-0.15, -0.1) is 11.3 Å². The van der Waals surface area contributed by atoms with Gasteiger partial charge in [-0.3, -0.25) is 4.90 Å². The Bertz CT molecular complexity index is 364. The van der Waals surface area contributed by atoms with E-state index in [-0.39, 0.29) is 5.54 Å². The van der Waals surface area contributed by atoms with Crippen LogP contribution in [0.15, 0.2) is 17.5 Å². The average Bonchev–Trinajstić information content (AvgIpc) is 2.90. The summed E-state index contributed by atoms with van der Waals surface area (Å²) in [5, 5.41) is 2.18. The smallest absolute Gasteiger partial charge is 0.0338 e. The van der Waals surface area contributed by atoms with Crippen LogP contribution in [0.2, 0.25) is 0 Å². The largest absolute Gasteiger partial charge is 0.329 e. The van der Waals surface area contributed by atoms with E-state index in [9.17, 15) is 0 Å². The van der Waals surface area contributed by atoms with E-state index in [1.54, 1.807) is 0 Å². The molecule has 3 heteroatoms. The number of hydrogen-bond donors (Lipinski definition) is 1. The Kier molecular flexibility index (Phi) is 6.06. The Balaban J connectivity index is 2.17. The third-order valence-corrected chi connectivity index (χ3v) is 5.66. The minimum Gasteiger partial charge on any atom is -0.329 e. The predicted octanol–water partition coefficient (Wildman–Crippen LogP) is 4.40. The number of thiophene rings is 1. The molecule has 0 saturated heterocycles. The zero-order chi connectivity index (χ0) is 14.4. The molecule has 1 aliphatic rings. The highest BCUT2D eigenvalue weighted by molar-refractivity contribution is 7.09. The SMILES string of the molecule is CC(C)N(Cc1cccs1)C1(CN)CCCCCCC1.